The van der Waals surface area contributed by atoms with E-state index in [2.05, 4.69) is 33.5 Å². The fraction of sp³-hybridized carbons (Fsp3) is 0.0870. The molecule has 4 aromatic rings. The van der Waals surface area contributed by atoms with Crippen molar-refractivity contribution < 1.29 is 4.79 Å². The second-order valence-corrected chi connectivity index (χ2v) is 7.84. The highest BCUT2D eigenvalue weighted by Crippen LogP contribution is 2.26. The van der Waals surface area contributed by atoms with Crippen LogP contribution in [0.5, 0.6) is 0 Å². The Morgan fingerprint density at radius 2 is 1.80 bits per heavy atom. The maximum atomic E-state index is 12.5. The molecule has 1 amide bonds. The van der Waals surface area contributed by atoms with Crippen LogP contribution in [0.4, 0.5) is 11.5 Å². The van der Waals surface area contributed by atoms with Crippen LogP contribution in [0.1, 0.15) is 21.5 Å². The zero-order valence-corrected chi connectivity index (χ0v) is 17.1. The Bertz CT molecular complexity index is 1280. The molecule has 0 atom stereocenters. The van der Waals surface area contributed by atoms with Gasteiger partial charge in [-0.15, -0.1) is 0 Å². The first-order chi connectivity index (χ1) is 14.5. The third-order valence-corrected chi connectivity index (χ3v) is 5.64. The summed E-state index contributed by atoms with van der Waals surface area (Å²) in [5.41, 5.74) is 8.06. The second-order valence-electron chi connectivity index (χ2n) is 6.88. The summed E-state index contributed by atoms with van der Waals surface area (Å²) in [5.74, 6) is 0.198. The lowest BCUT2D eigenvalue weighted by atomic mass is 10.1. The van der Waals surface area contributed by atoms with Crippen molar-refractivity contribution in [2.45, 2.75) is 17.8 Å². The molecule has 0 saturated carbocycles. The molecule has 7 heteroatoms. The number of aromatic nitrogens is 2. The molecular formula is C23H20N4O2S. The highest BCUT2D eigenvalue weighted by Gasteiger charge is 2.14. The first kappa shape index (κ1) is 19.7. The molecule has 0 fully saturated rings. The predicted molar refractivity (Wildman–Crippen MR) is 122 cm³/mol. The van der Waals surface area contributed by atoms with Crippen LogP contribution in [0.15, 0.2) is 76.7 Å². The van der Waals surface area contributed by atoms with Crippen LogP contribution in [-0.4, -0.2) is 15.9 Å². The van der Waals surface area contributed by atoms with E-state index in [0.29, 0.717) is 16.5 Å². The lowest BCUT2D eigenvalue weighted by Gasteiger charge is -2.09. The van der Waals surface area contributed by atoms with Gasteiger partial charge in [-0.1, -0.05) is 71.9 Å². The molecule has 0 spiro atoms. The molecule has 0 aliphatic rings. The topological polar surface area (TPSA) is 101 Å². The van der Waals surface area contributed by atoms with Crippen LogP contribution < -0.4 is 16.6 Å². The Labute approximate surface area is 177 Å². The number of hydrogen-bond donors (Lipinski definition) is 3. The molecular weight excluding hydrogens is 396 g/mol. The van der Waals surface area contributed by atoms with Gasteiger partial charge in [0, 0.05) is 11.3 Å². The van der Waals surface area contributed by atoms with E-state index in [9.17, 15) is 9.59 Å². The highest BCUT2D eigenvalue weighted by atomic mass is 32.2. The number of nitrogens with one attached hydrogen (secondary N) is 2. The average molecular weight is 417 g/mol. The zero-order chi connectivity index (χ0) is 21.1. The lowest BCUT2D eigenvalue weighted by Crippen LogP contribution is -2.23. The number of carbonyl (C=O) groups excluding carboxylic acids is 1. The summed E-state index contributed by atoms with van der Waals surface area (Å²) in [7, 11) is 0. The SMILES string of the molecule is Cc1ccc(C(=O)Nc2c(N)nc(SCc3cccc4ccccc34)[nH]c2=O)cc1. The fourth-order valence-electron chi connectivity index (χ4n) is 3.11. The quantitative estimate of drug-likeness (QED) is 0.331. The Morgan fingerprint density at radius 3 is 2.57 bits per heavy atom. The second kappa shape index (κ2) is 8.42. The number of nitrogen functional groups attached to an aromatic ring is 1. The number of H-pyrrole nitrogens is 1. The van der Waals surface area contributed by atoms with Gasteiger partial charge in [-0.3, -0.25) is 14.6 Å². The van der Waals surface area contributed by atoms with Crippen LogP contribution >= 0.6 is 11.8 Å². The average Bonchev–Trinajstić information content (AvgIpc) is 2.75. The van der Waals surface area contributed by atoms with Crippen molar-refractivity contribution in [2.75, 3.05) is 11.1 Å². The van der Waals surface area contributed by atoms with E-state index in [-0.39, 0.29) is 11.5 Å². The Balaban J connectivity index is 1.52. The molecule has 4 rings (SSSR count). The summed E-state index contributed by atoms with van der Waals surface area (Å²) in [6.45, 7) is 1.93. The van der Waals surface area contributed by atoms with Crippen molar-refractivity contribution in [1.82, 2.24) is 9.97 Å². The van der Waals surface area contributed by atoms with Gasteiger partial charge in [-0.2, -0.15) is 0 Å². The number of anilines is 2. The molecule has 1 aromatic heterocycles. The maximum Gasteiger partial charge on any atom is 0.277 e. The molecule has 0 aliphatic carbocycles. The molecule has 150 valence electrons. The van der Waals surface area contributed by atoms with Crippen LogP contribution in [0, 0.1) is 6.92 Å². The summed E-state index contributed by atoms with van der Waals surface area (Å²) in [6.07, 6.45) is 0. The minimum Gasteiger partial charge on any atom is -0.382 e. The van der Waals surface area contributed by atoms with Gasteiger partial charge < -0.3 is 11.1 Å². The first-order valence-corrected chi connectivity index (χ1v) is 10.4. The smallest absolute Gasteiger partial charge is 0.277 e. The minimum atomic E-state index is -0.483. The molecule has 6 nitrogen and oxygen atoms in total. The molecule has 0 aliphatic heterocycles. The Hall–Kier alpha value is -3.58. The van der Waals surface area contributed by atoms with Gasteiger partial charge >= 0.3 is 0 Å². The van der Waals surface area contributed by atoms with Gasteiger partial charge in [0.1, 0.15) is 5.69 Å². The van der Waals surface area contributed by atoms with Crippen molar-refractivity contribution in [2.24, 2.45) is 0 Å². The maximum absolute atomic E-state index is 12.5. The minimum absolute atomic E-state index is 0.0142. The monoisotopic (exact) mass is 416 g/mol. The molecule has 0 unspecified atom stereocenters. The van der Waals surface area contributed by atoms with E-state index in [4.69, 9.17) is 5.73 Å². The molecule has 0 saturated heterocycles. The number of rotatable bonds is 5. The molecule has 1 heterocycles. The number of nitrogens with two attached hydrogens (primary N) is 1. The van der Waals surface area contributed by atoms with Crippen LogP contribution in [-0.2, 0) is 5.75 Å². The zero-order valence-electron chi connectivity index (χ0n) is 16.3. The number of aromatic amines is 1. The summed E-state index contributed by atoms with van der Waals surface area (Å²) < 4.78 is 0. The molecule has 0 radical (unpaired) electrons. The fourth-order valence-corrected chi connectivity index (χ4v) is 3.99. The van der Waals surface area contributed by atoms with E-state index >= 15 is 0 Å². The summed E-state index contributed by atoms with van der Waals surface area (Å²) in [5, 5.41) is 5.28. The number of carbonyl (C=O) groups is 1. The first-order valence-electron chi connectivity index (χ1n) is 9.38. The number of benzene rings is 3. The summed E-state index contributed by atoms with van der Waals surface area (Å²) in [4.78, 5) is 31.9. The van der Waals surface area contributed by atoms with Crippen molar-refractivity contribution in [3.8, 4) is 0 Å². The number of fused-ring (bicyclic) bond motifs is 1. The van der Waals surface area contributed by atoms with E-state index in [1.807, 2.05) is 43.3 Å². The van der Waals surface area contributed by atoms with Crippen LogP contribution in [0.3, 0.4) is 0 Å². The standard InChI is InChI=1S/C23H20N4O2S/c1-14-9-11-16(12-10-14)21(28)25-19-20(24)26-23(27-22(19)29)30-13-17-7-4-6-15-5-2-3-8-18(15)17/h2-12H,13H2,1H3,(H,25,28)(H3,24,26,27,29). The Morgan fingerprint density at radius 1 is 1.07 bits per heavy atom. The largest absolute Gasteiger partial charge is 0.382 e. The van der Waals surface area contributed by atoms with Crippen LogP contribution in [0.25, 0.3) is 10.8 Å². The number of thioether (sulfide) groups is 1. The third-order valence-electron chi connectivity index (χ3n) is 4.72. The van der Waals surface area contributed by atoms with Crippen molar-refractivity contribution >= 4 is 39.9 Å². The van der Waals surface area contributed by atoms with E-state index in [1.165, 1.54) is 11.8 Å². The number of amides is 1. The summed E-state index contributed by atoms with van der Waals surface area (Å²) >= 11 is 1.38. The van der Waals surface area contributed by atoms with Gasteiger partial charge in [-0.25, -0.2) is 4.98 Å². The van der Waals surface area contributed by atoms with E-state index in [0.717, 1.165) is 21.9 Å². The third kappa shape index (κ3) is 4.21. The van der Waals surface area contributed by atoms with Gasteiger partial charge in [-0.05, 0) is 35.4 Å². The van der Waals surface area contributed by atoms with E-state index in [1.54, 1.807) is 12.1 Å². The highest BCUT2D eigenvalue weighted by molar-refractivity contribution is 7.98. The normalized spacial score (nSPS) is 10.8. The molecule has 3 aromatic carbocycles. The van der Waals surface area contributed by atoms with Crippen molar-refractivity contribution in [3.05, 3.63) is 93.8 Å². The lowest BCUT2D eigenvalue weighted by molar-refractivity contribution is 0.102. The van der Waals surface area contributed by atoms with Gasteiger partial charge in [0.15, 0.2) is 11.0 Å². The number of nitrogens with zero attached hydrogens (tertiary/aromatic N) is 1. The molecule has 30 heavy (non-hydrogen) atoms. The van der Waals surface area contributed by atoms with Crippen molar-refractivity contribution in [1.29, 1.82) is 0 Å². The van der Waals surface area contributed by atoms with Gasteiger partial charge in [0.2, 0.25) is 0 Å². The van der Waals surface area contributed by atoms with Gasteiger partial charge in [0.05, 0.1) is 0 Å². The predicted octanol–water partition coefficient (Wildman–Crippen LogP) is 4.36. The number of aryl methyl sites for hydroxylation is 1. The molecule has 0 bridgehead atoms. The van der Waals surface area contributed by atoms with E-state index < -0.39 is 11.5 Å². The van der Waals surface area contributed by atoms with Gasteiger partial charge in [0.25, 0.3) is 11.5 Å². The Kier molecular flexibility index (Phi) is 5.54. The van der Waals surface area contributed by atoms with Crippen molar-refractivity contribution in [3.63, 3.8) is 0 Å². The van der Waals surface area contributed by atoms with Crippen LogP contribution in [0.2, 0.25) is 0 Å². The molecule has 4 N–H and O–H groups in total. The number of hydrogen-bond acceptors (Lipinski definition) is 5. The summed E-state index contributed by atoms with van der Waals surface area (Å²) in [6, 6.07) is 21.3.